The van der Waals surface area contributed by atoms with E-state index in [9.17, 15) is 0 Å². The highest BCUT2D eigenvalue weighted by molar-refractivity contribution is 5.43. The van der Waals surface area contributed by atoms with E-state index in [-0.39, 0.29) is 13.2 Å². The molecule has 1 unspecified atom stereocenters. The van der Waals surface area contributed by atoms with Crippen molar-refractivity contribution in [1.29, 1.82) is 0 Å². The topological polar surface area (TPSA) is 50.7 Å². The standard InChI is InChI=1S/C19H23NO3/c1-22-19-12-14(6-9-18(19)23-11-10-21)13-20-17-8-7-15-4-2-3-5-16(15)17/h2-6,9,12,17,20-21H,7-8,10-11,13H2,1H3. The molecule has 1 aliphatic carbocycles. The zero-order chi connectivity index (χ0) is 16.1. The van der Waals surface area contributed by atoms with Gasteiger partial charge in [0.05, 0.1) is 13.7 Å². The summed E-state index contributed by atoms with van der Waals surface area (Å²) in [7, 11) is 1.63. The Morgan fingerprint density at radius 2 is 2.04 bits per heavy atom. The lowest BCUT2D eigenvalue weighted by Crippen LogP contribution is -2.18. The second kappa shape index (κ2) is 7.49. The molecule has 4 nitrogen and oxygen atoms in total. The van der Waals surface area contributed by atoms with Gasteiger partial charge < -0.3 is 19.9 Å². The highest BCUT2D eigenvalue weighted by Crippen LogP contribution is 2.32. The number of hydrogen-bond acceptors (Lipinski definition) is 4. The number of hydrogen-bond donors (Lipinski definition) is 2. The molecular weight excluding hydrogens is 290 g/mol. The Morgan fingerprint density at radius 3 is 2.87 bits per heavy atom. The molecule has 0 aromatic heterocycles. The lowest BCUT2D eigenvalue weighted by molar-refractivity contribution is 0.196. The summed E-state index contributed by atoms with van der Waals surface area (Å²) in [6, 6.07) is 15.0. The van der Waals surface area contributed by atoms with Crippen LogP contribution in [0.15, 0.2) is 42.5 Å². The maximum absolute atomic E-state index is 8.86. The Hall–Kier alpha value is -2.04. The van der Waals surface area contributed by atoms with Crippen molar-refractivity contribution >= 4 is 0 Å². The molecule has 2 aromatic carbocycles. The molecule has 0 saturated carbocycles. The third-order valence-electron chi connectivity index (χ3n) is 4.26. The minimum Gasteiger partial charge on any atom is -0.493 e. The van der Waals surface area contributed by atoms with Crippen molar-refractivity contribution in [1.82, 2.24) is 5.32 Å². The number of aliphatic hydroxyl groups is 1. The van der Waals surface area contributed by atoms with Crippen LogP contribution >= 0.6 is 0 Å². The molecule has 1 aliphatic rings. The molecule has 0 amide bonds. The highest BCUT2D eigenvalue weighted by Gasteiger charge is 2.21. The molecule has 0 spiro atoms. The molecule has 2 N–H and O–H groups in total. The van der Waals surface area contributed by atoms with Gasteiger partial charge >= 0.3 is 0 Å². The van der Waals surface area contributed by atoms with Gasteiger partial charge in [-0.05, 0) is 41.7 Å². The fraction of sp³-hybridized carbons (Fsp3) is 0.368. The Bertz CT molecular complexity index is 657. The minimum absolute atomic E-state index is 0.00640. The van der Waals surface area contributed by atoms with Crippen LogP contribution in [-0.2, 0) is 13.0 Å². The first-order valence-electron chi connectivity index (χ1n) is 8.03. The van der Waals surface area contributed by atoms with Gasteiger partial charge in [-0.25, -0.2) is 0 Å². The second-order valence-corrected chi connectivity index (χ2v) is 5.73. The molecule has 0 bridgehead atoms. The molecule has 0 saturated heterocycles. The predicted molar refractivity (Wildman–Crippen MR) is 89.9 cm³/mol. The first kappa shape index (κ1) is 15.8. The number of fused-ring (bicyclic) bond motifs is 1. The lowest BCUT2D eigenvalue weighted by atomic mass is 10.1. The summed E-state index contributed by atoms with van der Waals surface area (Å²) in [4.78, 5) is 0. The fourth-order valence-electron chi connectivity index (χ4n) is 3.11. The maximum atomic E-state index is 8.86. The van der Waals surface area contributed by atoms with Crippen molar-refractivity contribution in [2.75, 3.05) is 20.3 Å². The second-order valence-electron chi connectivity index (χ2n) is 5.73. The van der Waals surface area contributed by atoms with Gasteiger partial charge in [-0.3, -0.25) is 0 Å². The van der Waals surface area contributed by atoms with Crippen LogP contribution in [0, 0.1) is 0 Å². The van der Waals surface area contributed by atoms with E-state index in [1.165, 1.54) is 11.1 Å². The third kappa shape index (κ3) is 3.66. The van der Waals surface area contributed by atoms with Crippen LogP contribution in [0.5, 0.6) is 11.5 Å². The first-order valence-corrected chi connectivity index (χ1v) is 8.03. The fourth-order valence-corrected chi connectivity index (χ4v) is 3.11. The van der Waals surface area contributed by atoms with Crippen molar-refractivity contribution in [2.45, 2.75) is 25.4 Å². The Morgan fingerprint density at radius 1 is 1.17 bits per heavy atom. The van der Waals surface area contributed by atoms with Crippen LogP contribution in [0.25, 0.3) is 0 Å². The summed E-state index contributed by atoms with van der Waals surface area (Å²) in [6.07, 6.45) is 2.29. The van der Waals surface area contributed by atoms with Crippen molar-refractivity contribution < 1.29 is 14.6 Å². The molecular formula is C19H23NO3. The smallest absolute Gasteiger partial charge is 0.161 e. The summed E-state index contributed by atoms with van der Waals surface area (Å²) < 4.78 is 10.8. The van der Waals surface area contributed by atoms with Crippen LogP contribution < -0.4 is 14.8 Å². The van der Waals surface area contributed by atoms with Gasteiger partial charge in [0.25, 0.3) is 0 Å². The molecule has 23 heavy (non-hydrogen) atoms. The quantitative estimate of drug-likeness (QED) is 0.825. The Balaban J connectivity index is 1.65. The van der Waals surface area contributed by atoms with Crippen LogP contribution in [0.1, 0.15) is 29.2 Å². The number of benzene rings is 2. The van der Waals surface area contributed by atoms with Crippen molar-refractivity contribution in [3.63, 3.8) is 0 Å². The number of ether oxygens (including phenoxy) is 2. The van der Waals surface area contributed by atoms with Crippen LogP contribution in [0.4, 0.5) is 0 Å². The average Bonchev–Trinajstić information content (AvgIpc) is 3.01. The van der Waals surface area contributed by atoms with E-state index < -0.39 is 0 Å². The summed E-state index contributed by atoms with van der Waals surface area (Å²) in [5, 5.41) is 12.5. The number of aryl methyl sites for hydroxylation is 1. The summed E-state index contributed by atoms with van der Waals surface area (Å²) in [5.74, 6) is 1.36. The molecule has 3 rings (SSSR count). The summed E-state index contributed by atoms with van der Waals surface area (Å²) in [6.45, 7) is 1.05. The molecule has 122 valence electrons. The largest absolute Gasteiger partial charge is 0.493 e. The van der Waals surface area contributed by atoms with Gasteiger partial charge in [-0.1, -0.05) is 30.3 Å². The molecule has 0 radical (unpaired) electrons. The number of methoxy groups -OCH3 is 1. The zero-order valence-corrected chi connectivity index (χ0v) is 13.4. The van der Waals surface area contributed by atoms with E-state index in [4.69, 9.17) is 14.6 Å². The van der Waals surface area contributed by atoms with Gasteiger partial charge in [0.1, 0.15) is 6.61 Å². The molecule has 0 heterocycles. The number of aliphatic hydroxyl groups excluding tert-OH is 1. The van der Waals surface area contributed by atoms with Gasteiger partial charge in [0.15, 0.2) is 11.5 Å². The third-order valence-corrected chi connectivity index (χ3v) is 4.26. The molecule has 4 heteroatoms. The Labute approximate surface area is 137 Å². The Kier molecular flexibility index (Phi) is 5.16. The van der Waals surface area contributed by atoms with Gasteiger partial charge in [0, 0.05) is 12.6 Å². The number of rotatable bonds is 7. The van der Waals surface area contributed by atoms with Gasteiger partial charge in [-0.2, -0.15) is 0 Å². The highest BCUT2D eigenvalue weighted by atomic mass is 16.5. The SMILES string of the molecule is COc1cc(CNC2CCc3ccccc32)ccc1OCCO. The van der Waals surface area contributed by atoms with E-state index in [2.05, 4.69) is 29.6 Å². The summed E-state index contributed by atoms with van der Waals surface area (Å²) >= 11 is 0. The van der Waals surface area contributed by atoms with Gasteiger partial charge in [-0.15, -0.1) is 0 Å². The zero-order valence-electron chi connectivity index (χ0n) is 13.4. The van der Waals surface area contributed by atoms with Gasteiger partial charge in [0.2, 0.25) is 0 Å². The lowest BCUT2D eigenvalue weighted by Gasteiger charge is -2.15. The van der Waals surface area contributed by atoms with E-state index in [0.29, 0.717) is 17.5 Å². The van der Waals surface area contributed by atoms with Crippen LogP contribution in [-0.4, -0.2) is 25.4 Å². The maximum Gasteiger partial charge on any atom is 0.161 e. The van der Waals surface area contributed by atoms with Crippen molar-refractivity contribution in [2.24, 2.45) is 0 Å². The van der Waals surface area contributed by atoms with Crippen molar-refractivity contribution in [3.05, 3.63) is 59.2 Å². The van der Waals surface area contributed by atoms with Crippen molar-refractivity contribution in [3.8, 4) is 11.5 Å². The molecule has 0 fully saturated rings. The first-order chi connectivity index (χ1) is 11.3. The minimum atomic E-state index is -0.00640. The van der Waals surface area contributed by atoms with E-state index in [1.54, 1.807) is 7.11 Å². The van der Waals surface area contributed by atoms with Crippen LogP contribution in [0.3, 0.4) is 0 Å². The molecule has 1 atom stereocenters. The van der Waals surface area contributed by atoms with Crippen LogP contribution in [0.2, 0.25) is 0 Å². The average molecular weight is 313 g/mol. The number of nitrogens with one attached hydrogen (secondary N) is 1. The molecule has 0 aliphatic heterocycles. The van der Waals surface area contributed by atoms with E-state index >= 15 is 0 Å². The predicted octanol–water partition coefficient (Wildman–Crippen LogP) is 2.84. The normalized spacial score (nSPS) is 16.2. The summed E-state index contributed by atoms with van der Waals surface area (Å²) in [5.41, 5.74) is 4.03. The molecule has 2 aromatic rings. The monoisotopic (exact) mass is 313 g/mol. The van der Waals surface area contributed by atoms with E-state index in [1.807, 2.05) is 18.2 Å². The van der Waals surface area contributed by atoms with E-state index in [0.717, 1.165) is 24.9 Å².